The Morgan fingerprint density at radius 3 is 2.70 bits per heavy atom. The van der Waals surface area contributed by atoms with E-state index >= 15 is 0 Å². The molecule has 3 aromatic heterocycles. The fraction of sp³-hybridized carbons (Fsp3) is 0.250. The number of nitrogens with zero attached hydrogens (tertiary/aromatic N) is 4. The number of aryl methyl sites for hydroxylation is 1. The van der Waals surface area contributed by atoms with Gasteiger partial charge in [0.05, 0.1) is 11.6 Å². The number of thiophene rings is 1. The van der Waals surface area contributed by atoms with Crippen LogP contribution in [0.5, 0.6) is 0 Å². The lowest BCUT2D eigenvalue weighted by atomic mass is 10.1. The Bertz CT molecular complexity index is 1070. The molecule has 0 aliphatic carbocycles. The van der Waals surface area contributed by atoms with Crippen LogP contribution in [0, 0.1) is 6.92 Å². The normalized spacial score (nSPS) is 11.2. The molecular weight excluding hydrogens is 358 g/mol. The second kappa shape index (κ2) is 7.46. The average molecular weight is 379 g/mol. The molecule has 0 amide bonds. The monoisotopic (exact) mass is 379 g/mol. The van der Waals surface area contributed by atoms with E-state index in [4.69, 9.17) is 9.72 Å². The van der Waals surface area contributed by atoms with Crippen molar-refractivity contribution in [3.8, 4) is 11.1 Å². The van der Waals surface area contributed by atoms with E-state index in [2.05, 4.69) is 39.8 Å². The van der Waals surface area contributed by atoms with E-state index in [0.717, 1.165) is 38.4 Å². The van der Waals surface area contributed by atoms with Crippen LogP contribution >= 0.6 is 11.3 Å². The van der Waals surface area contributed by atoms with E-state index in [1.807, 2.05) is 36.1 Å². The number of fused-ring (bicyclic) bond motifs is 1. The first-order valence-corrected chi connectivity index (χ1v) is 9.59. The zero-order valence-corrected chi connectivity index (χ0v) is 16.4. The summed E-state index contributed by atoms with van der Waals surface area (Å²) in [6.45, 7) is 3.10. The van der Waals surface area contributed by atoms with Crippen molar-refractivity contribution in [3.63, 3.8) is 0 Å². The quantitative estimate of drug-likeness (QED) is 0.545. The van der Waals surface area contributed by atoms with E-state index in [0.29, 0.717) is 19.0 Å². The van der Waals surface area contributed by atoms with Gasteiger partial charge in [-0.1, -0.05) is 30.3 Å². The van der Waals surface area contributed by atoms with Gasteiger partial charge in [0.25, 0.3) is 0 Å². The summed E-state index contributed by atoms with van der Waals surface area (Å²) >= 11 is 1.63. The number of hydrogen-bond donors (Lipinski definition) is 1. The van der Waals surface area contributed by atoms with Gasteiger partial charge in [0, 0.05) is 42.9 Å². The number of benzene rings is 1. The molecule has 6 nitrogen and oxygen atoms in total. The van der Waals surface area contributed by atoms with Crippen molar-refractivity contribution < 1.29 is 4.74 Å². The highest BCUT2D eigenvalue weighted by Crippen LogP contribution is 2.37. The van der Waals surface area contributed by atoms with Crippen LogP contribution in [0.15, 0.2) is 41.9 Å². The second-order valence-electron chi connectivity index (χ2n) is 6.35. The van der Waals surface area contributed by atoms with Crippen LogP contribution in [0.1, 0.15) is 17.1 Å². The van der Waals surface area contributed by atoms with Gasteiger partial charge in [0.15, 0.2) is 5.82 Å². The number of methoxy groups -OCH3 is 1. The topological polar surface area (TPSA) is 64.9 Å². The largest absolute Gasteiger partial charge is 0.377 e. The predicted molar refractivity (Wildman–Crippen MR) is 109 cm³/mol. The van der Waals surface area contributed by atoms with E-state index in [1.54, 1.807) is 18.4 Å². The maximum atomic E-state index is 5.25. The van der Waals surface area contributed by atoms with Crippen LogP contribution in [0.3, 0.4) is 0 Å². The average Bonchev–Trinajstić information content (AvgIpc) is 3.25. The Labute approximate surface area is 161 Å². The Morgan fingerprint density at radius 2 is 2.00 bits per heavy atom. The smallest absolute Gasteiger partial charge is 0.158 e. The molecule has 0 aliphatic rings. The van der Waals surface area contributed by atoms with Gasteiger partial charge in [-0.3, -0.25) is 4.68 Å². The third-order valence-electron chi connectivity index (χ3n) is 4.62. The second-order valence-corrected chi connectivity index (χ2v) is 7.21. The molecule has 0 saturated carbocycles. The van der Waals surface area contributed by atoms with Crippen molar-refractivity contribution in [1.29, 1.82) is 0 Å². The zero-order valence-electron chi connectivity index (χ0n) is 15.6. The van der Waals surface area contributed by atoms with Gasteiger partial charge in [0.1, 0.15) is 17.3 Å². The molecule has 3 heterocycles. The van der Waals surface area contributed by atoms with Crippen LogP contribution < -0.4 is 5.32 Å². The number of hydrogen-bond acceptors (Lipinski definition) is 6. The lowest BCUT2D eigenvalue weighted by molar-refractivity contribution is 0.178. The Kier molecular flexibility index (Phi) is 4.87. The van der Waals surface area contributed by atoms with Crippen molar-refractivity contribution in [1.82, 2.24) is 19.7 Å². The van der Waals surface area contributed by atoms with Gasteiger partial charge < -0.3 is 10.1 Å². The molecular formula is C20H21N5OS. The van der Waals surface area contributed by atoms with Gasteiger partial charge in [-0.25, -0.2) is 9.97 Å². The molecule has 4 rings (SSSR count). The van der Waals surface area contributed by atoms with Crippen LogP contribution in [0.4, 0.5) is 5.82 Å². The molecule has 0 bridgehead atoms. The van der Waals surface area contributed by atoms with Crippen molar-refractivity contribution in [2.24, 2.45) is 7.05 Å². The zero-order chi connectivity index (χ0) is 18.8. The van der Waals surface area contributed by atoms with E-state index in [1.165, 1.54) is 0 Å². The summed E-state index contributed by atoms with van der Waals surface area (Å²) in [6.07, 6.45) is 1.89. The van der Waals surface area contributed by atoms with Gasteiger partial charge in [-0.2, -0.15) is 5.10 Å². The predicted octanol–water partition coefficient (Wildman–Crippen LogP) is 4.16. The highest BCUT2D eigenvalue weighted by atomic mass is 32.1. The Morgan fingerprint density at radius 1 is 1.19 bits per heavy atom. The minimum atomic E-state index is 0.384. The summed E-state index contributed by atoms with van der Waals surface area (Å²) in [5.41, 5.74) is 4.59. The fourth-order valence-corrected chi connectivity index (χ4v) is 4.00. The van der Waals surface area contributed by atoms with Crippen LogP contribution in [-0.2, 0) is 24.9 Å². The van der Waals surface area contributed by atoms with E-state index in [9.17, 15) is 0 Å². The molecule has 0 atom stereocenters. The SMILES string of the molecule is COCc1nc(NCc2cnn(C)c2C)c2c(-c3ccccc3)csc2n1. The molecule has 7 heteroatoms. The highest BCUT2D eigenvalue weighted by molar-refractivity contribution is 7.17. The lowest BCUT2D eigenvalue weighted by Gasteiger charge is -2.10. The standard InChI is InChI=1S/C20H21N5OS/c1-13-15(10-22-25(13)2)9-21-19-18-16(14-7-5-4-6-8-14)12-27-20(18)24-17(23-19)11-26-3/h4-8,10,12H,9,11H2,1-3H3,(H,21,23,24). The van der Waals surface area contributed by atoms with Gasteiger partial charge in [-0.05, 0) is 12.5 Å². The molecule has 0 radical (unpaired) electrons. The summed E-state index contributed by atoms with van der Waals surface area (Å²) < 4.78 is 7.12. The molecule has 0 saturated heterocycles. The summed E-state index contributed by atoms with van der Waals surface area (Å²) in [4.78, 5) is 10.4. The van der Waals surface area contributed by atoms with Crippen LogP contribution in [-0.4, -0.2) is 26.9 Å². The Balaban J connectivity index is 1.78. The van der Waals surface area contributed by atoms with Crippen molar-refractivity contribution >= 4 is 27.4 Å². The Hall–Kier alpha value is -2.77. The molecule has 138 valence electrons. The maximum Gasteiger partial charge on any atom is 0.158 e. The van der Waals surface area contributed by atoms with Crippen molar-refractivity contribution in [3.05, 3.63) is 59.0 Å². The molecule has 1 N–H and O–H groups in total. The lowest BCUT2D eigenvalue weighted by Crippen LogP contribution is -2.06. The van der Waals surface area contributed by atoms with E-state index < -0.39 is 0 Å². The van der Waals surface area contributed by atoms with Crippen LogP contribution in [0.25, 0.3) is 21.3 Å². The molecule has 27 heavy (non-hydrogen) atoms. The van der Waals surface area contributed by atoms with Crippen LogP contribution in [0.2, 0.25) is 0 Å². The first-order chi connectivity index (χ1) is 13.2. The number of anilines is 1. The third-order valence-corrected chi connectivity index (χ3v) is 5.49. The maximum absolute atomic E-state index is 5.25. The van der Waals surface area contributed by atoms with Gasteiger partial charge >= 0.3 is 0 Å². The van der Waals surface area contributed by atoms with Gasteiger partial charge in [-0.15, -0.1) is 11.3 Å². The minimum absolute atomic E-state index is 0.384. The van der Waals surface area contributed by atoms with Crippen molar-refractivity contribution in [2.45, 2.75) is 20.1 Å². The minimum Gasteiger partial charge on any atom is -0.377 e. The fourth-order valence-electron chi connectivity index (χ4n) is 3.03. The van der Waals surface area contributed by atoms with E-state index in [-0.39, 0.29) is 0 Å². The summed E-state index contributed by atoms with van der Waals surface area (Å²) in [5, 5.41) is 11.0. The first-order valence-electron chi connectivity index (χ1n) is 8.71. The summed E-state index contributed by atoms with van der Waals surface area (Å²) in [6, 6.07) is 10.3. The summed E-state index contributed by atoms with van der Waals surface area (Å²) in [5.74, 6) is 1.51. The van der Waals surface area contributed by atoms with Crippen molar-refractivity contribution in [2.75, 3.05) is 12.4 Å². The molecule has 0 fully saturated rings. The first kappa shape index (κ1) is 17.6. The molecule has 0 aliphatic heterocycles. The molecule has 0 unspecified atom stereocenters. The summed E-state index contributed by atoms with van der Waals surface area (Å²) in [7, 11) is 3.61. The third kappa shape index (κ3) is 3.43. The molecule has 0 spiro atoms. The number of aromatic nitrogens is 4. The number of rotatable bonds is 6. The molecule has 1 aromatic carbocycles. The number of nitrogens with one attached hydrogen (secondary N) is 1. The molecule has 4 aromatic rings. The highest BCUT2D eigenvalue weighted by Gasteiger charge is 2.16. The number of ether oxygens (including phenoxy) is 1. The van der Waals surface area contributed by atoms with Gasteiger partial charge in [0.2, 0.25) is 0 Å².